The molecule has 15 heavy (non-hydrogen) atoms. The number of hydrogen-bond acceptors (Lipinski definition) is 3. The van der Waals surface area contributed by atoms with Gasteiger partial charge in [0.2, 0.25) is 0 Å². The summed E-state index contributed by atoms with van der Waals surface area (Å²) >= 11 is 0. The predicted octanol–water partition coefficient (Wildman–Crippen LogP) is 1.75. The minimum Gasteiger partial charge on any atom is -0.744 e. The van der Waals surface area contributed by atoms with E-state index in [4.69, 9.17) is 0 Å². The van der Waals surface area contributed by atoms with E-state index in [0.717, 1.165) is 0 Å². The van der Waals surface area contributed by atoms with E-state index < -0.39 is 32.6 Å². The van der Waals surface area contributed by atoms with E-state index >= 15 is 0 Å². The van der Waals surface area contributed by atoms with Gasteiger partial charge in [-0.2, -0.15) is 13.2 Å². The summed E-state index contributed by atoms with van der Waals surface area (Å²) in [6, 6.07) is 0.582. The fraction of sp³-hybridized carbons (Fsp3) is 0.143. The van der Waals surface area contributed by atoms with Crippen molar-refractivity contribution in [3.8, 4) is 0 Å². The Morgan fingerprint density at radius 2 is 1.73 bits per heavy atom. The molecule has 1 rings (SSSR count). The molecule has 1 aromatic carbocycles. The van der Waals surface area contributed by atoms with Gasteiger partial charge in [0.1, 0.15) is 15.9 Å². The Balaban J connectivity index is 3.34. The first-order valence-electron chi connectivity index (χ1n) is 3.45. The summed E-state index contributed by atoms with van der Waals surface area (Å²) in [5.41, 5.74) is -1.35. The molecule has 8 heteroatoms. The van der Waals surface area contributed by atoms with Crippen LogP contribution in [0.15, 0.2) is 23.1 Å². The number of halogens is 4. The Morgan fingerprint density at radius 3 is 2.07 bits per heavy atom. The Morgan fingerprint density at radius 1 is 1.20 bits per heavy atom. The van der Waals surface area contributed by atoms with Gasteiger partial charge in [-0.3, -0.25) is 0 Å². The van der Waals surface area contributed by atoms with Gasteiger partial charge >= 0.3 is 6.18 Å². The molecule has 0 N–H and O–H groups in total. The fourth-order valence-corrected chi connectivity index (χ4v) is 1.41. The lowest BCUT2D eigenvalue weighted by molar-refractivity contribution is -0.137. The molecule has 0 bridgehead atoms. The molecule has 0 aliphatic carbocycles. The topological polar surface area (TPSA) is 57.2 Å². The van der Waals surface area contributed by atoms with E-state index in [-0.39, 0.29) is 6.07 Å². The molecule has 0 amide bonds. The van der Waals surface area contributed by atoms with Crippen LogP contribution < -0.4 is 0 Å². The second-order valence-corrected chi connectivity index (χ2v) is 3.95. The van der Waals surface area contributed by atoms with E-state index in [0.29, 0.717) is 12.1 Å². The molecule has 0 unspecified atom stereocenters. The highest BCUT2D eigenvalue weighted by molar-refractivity contribution is 7.85. The quantitative estimate of drug-likeness (QED) is 0.557. The standard InChI is InChI=1S/C7H4F4O3S/c8-5-3-4(7(9,10)11)1-2-6(5)15(12,13)14/h1-3H,(H,12,13,14)/p-1. The van der Waals surface area contributed by atoms with Crippen molar-refractivity contribution >= 4 is 10.1 Å². The maximum Gasteiger partial charge on any atom is 0.416 e. The maximum atomic E-state index is 12.8. The van der Waals surface area contributed by atoms with E-state index in [1.165, 1.54) is 0 Å². The molecule has 1 aromatic rings. The van der Waals surface area contributed by atoms with Crippen LogP contribution in [-0.4, -0.2) is 13.0 Å². The molecule has 0 saturated heterocycles. The van der Waals surface area contributed by atoms with Gasteiger partial charge in [0, 0.05) is 0 Å². The zero-order valence-electron chi connectivity index (χ0n) is 6.88. The maximum absolute atomic E-state index is 12.8. The molecular weight excluding hydrogens is 240 g/mol. The van der Waals surface area contributed by atoms with Gasteiger partial charge in [-0.15, -0.1) is 0 Å². The molecule has 0 aromatic heterocycles. The third-order valence-electron chi connectivity index (χ3n) is 1.53. The van der Waals surface area contributed by atoms with Crippen LogP contribution in [0.4, 0.5) is 17.6 Å². The predicted molar refractivity (Wildman–Crippen MR) is 39.4 cm³/mol. The molecule has 0 fully saturated rings. The van der Waals surface area contributed by atoms with Gasteiger partial charge < -0.3 is 4.55 Å². The van der Waals surface area contributed by atoms with Crippen LogP contribution in [-0.2, 0) is 16.3 Å². The Kier molecular flexibility index (Phi) is 2.75. The van der Waals surface area contributed by atoms with Gasteiger partial charge in [0.25, 0.3) is 0 Å². The third kappa shape index (κ3) is 2.66. The average molecular weight is 243 g/mol. The van der Waals surface area contributed by atoms with Crippen LogP contribution in [0, 0.1) is 5.82 Å². The molecule has 0 saturated carbocycles. The van der Waals surface area contributed by atoms with Gasteiger partial charge in [0.15, 0.2) is 0 Å². The summed E-state index contributed by atoms with van der Waals surface area (Å²) in [7, 11) is -5.09. The van der Waals surface area contributed by atoms with Gasteiger partial charge in [-0.25, -0.2) is 12.8 Å². The lowest BCUT2D eigenvalue weighted by atomic mass is 10.2. The normalized spacial score (nSPS) is 12.9. The molecule has 0 heterocycles. The Hall–Kier alpha value is -1.15. The summed E-state index contributed by atoms with van der Waals surface area (Å²) in [4.78, 5) is -1.30. The van der Waals surface area contributed by atoms with Gasteiger partial charge in [-0.05, 0) is 18.2 Å². The monoisotopic (exact) mass is 243 g/mol. The van der Waals surface area contributed by atoms with Gasteiger partial charge in [0.05, 0.1) is 10.5 Å². The molecule has 0 spiro atoms. The Labute approximate surface area is 82.1 Å². The molecule has 0 aliphatic rings. The van der Waals surface area contributed by atoms with Gasteiger partial charge in [-0.1, -0.05) is 0 Å². The Bertz CT molecular complexity index is 477. The van der Waals surface area contributed by atoms with Crippen LogP contribution in [0.2, 0.25) is 0 Å². The third-order valence-corrected chi connectivity index (χ3v) is 2.40. The lowest BCUT2D eigenvalue weighted by Gasteiger charge is -2.11. The zero-order chi connectivity index (χ0) is 11.9. The molecule has 0 atom stereocenters. The summed E-state index contributed by atoms with van der Waals surface area (Å²) in [5, 5.41) is 0. The fourth-order valence-electron chi connectivity index (χ4n) is 0.880. The molecular formula is C7H3F4O3S-. The van der Waals surface area contributed by atoms with Crippen molar-refractivity contribution in [1.82, 2.24) is 0 Å². The molecule has 84 valence electrons. The summed E-state index contributed by atoms with van der Waals surface area (Å²) in [6.45, 7) is 0. The molecule has 3 nitrogen and oxygen atoms in total. The first kappa shape index (κ1) is 11.9. The molecule has 0 radical (unpaired) electrons. The highest BCUT2D eigenvalue weighted by Crippen LogP contribution is 2.30. The highest BCUT2D eigenvalue weighted by Gasteiger charge is 2.31. The second kappa shape index (κ2) is 3.46. The summed E-state index contributed by atoms with van der Waals surface area (Å²) in [5.74, 6) is -1.71. The first-order valence-corrected chi connectivity index (χ1v) is 4.86. The van der Waals surface area contributed by atoms with Crippen molar-refractivity contribution in [3.63, 3.8) is 0 Å². The van der Waals surface area contributed by atoms with Crippen molar-refractivity contribution in [2.24, 2.45) is 0 Å². The number of benzene rings is 1. The lowest BCUT2D eigenvalue weighted by Crippen LogP contribution is -2.08. The van der Waals surface area contributed by atoms with Crippen LogP contribution in [0.25, 0.3) is 0 Å². The summed E-state index contributed by atoms with van der Waals surface area (Å²) in [6.07, 6.45) is -4.79. The van der Waals surface area contributed by atoms with Crippen molar-refractivity contribution in [2.45, 2.75) is 11.1 Å². The minimum atomic E-state index is -5.09. The van der Waals surface area contributed by atoms with Crippen LogP contribution in [0.3, 0.4) is 0 Å². The van der Waals surface area contributed by atoms with E-state index in [9.17, 15) is 30.5 Å². The van der Waals surface area contributed by atoms with Crippen molar-refractivity contribution in [3.05, 3.63) is 29.6 Å². The summed E-state index contributed by atoms with van der Waals surface area (Å²) < 4.78 is 79.8. The largest absolute Gasteiger partial charge is 0.744 e. The van der Waals surface area contributed by atoms with E-state index in [1.807, 2.05) is 0 Å². The SMILES string of the molecule is O=S(=O)([O-])c1ccc(C(F)(F)F)cc1F. The smallest absolute Gasteiger partial charge is 0.416 e. The average Bonchev–Trinajstić information content (AvgIpc) is 1.99. The minimum absolute atomic E-state index is 0.0369. The van der Waals surface area contributed by atoms with E-state index in [1.54, 1.807) is 0 Å². The second-order valence-electron chi connectivity index (χ2n) is 2.60. The first-order chi connectivity index (χ1) is 6.62. The van der Waals surface area contributed by atoms with Crippen molar-refractivity contribution in [1.29, 1.82) is 0 Å². The number of alkyl halides is 3. The van der Waals surface area contributed by atoms with Crippen LogP contribution in [0.5, 0.6) is 0 Å². The zero-order valence-corrected chi connectivity index (χ0v) is 7.69. The van der Waals surface area contributed by atoms with E-state index in [2.05, 4.69) is 0 Å². The van der Waals surface area contributed by atoms with Crippen molar-refractivity contribution < 1.29 is 30.5 Å². The highest BCUT2D eigenvalue weighted by atomic mass is 32.2. The number of rotatable bonds is 1. The number of hydrogen-bond donors (Lipinski definition) is 0. The molecule has 0 aliphatic heterocycles. The van der Waals surface area contributed by atoms with Crippen LogP contribution >= 0.6 is 0 Å². The van der Waals surface area contributed by atoms with Crippen LogP contribution in [0.1, 0.15) is 5.56 Å². The van der Waals surface area contributed by atoms with Crippen molar-refractivity contribution in [2.75, 3.05) is 0 Å².